The molecule has 0 saturated heterocycles. The minimum absolute atomic E-state index is 0.0227. The maximum Gasteiger partial charge on any atom is 0.413 e. The normalized spacial score (nSPS) is 18.5. The number of amides is 1. The zero-order valence-electron chi connectivity index (χ0n) is 13.2. The Hall–Kier alpha value is -1.55. The Labute approximate surface area is 147 Å². The van der Waals surface area contributed by atoms with Crippen LogP contribution < -0.4 is 0 Å². The number of hydrogen-bond acceptors (Lipinski definition) is 2. The molecule has 0 N–H and O–H groups in total. The molecule has 0 spiro atoms. The highest BCUT2D eigenvalue weighted by molar-refractivity contribution is 9.10. The van der Waals surface area contributed by atoms with Gasteiger partial charge in [0.05, 0.1) is 6.07 Å². The highest BCUT2D eigenvalue weighted by atomic mass is 79.9. The van der Waals surface area contributed by atoms with Gasteiger partial charge in [-0.3, -0.25) is 4.79 Å². The van der Waals surface area contributed by atoms with Crippen molar-refractivity contribution in [1.82, 2.24) is 4.90 Å². The van der Waals surface area contributed by atoms with Gasteiger partial charge in [-0.2, -0.15) is 18.4 Å². The molecule has 2 rings (SSSR count). The van der Waals surface area contributed by atoms with Crippen molar-refractivity contribution in [3.05, 3.63) is 34.3 Å². The van der Waals surface area contributed by atoms with E-state index >= 15 is 0 Å². The third-order valence-corrected chi connectivity index (χ3v) is 5.06. The molecule has 0 radical (unpaired) electrons. The number of benzene rings is 1. The molecule has 1 aliphatic rings. The molecule has 0 aromatic heterocycles. The van der Waals surface area contributed by atoms with Crippen molar-refractivity contribution in [2.45, 2.75) is 44.3 Å². The van der Waals surface area contributed by atoms with E-state index in [1.807, 2.05) is 6.07 Å². The number of carbonyl (C=O) groups is 1. The maximum absolute atomic E-state index is 13.6. The van der Waals surface area contributed by atoms with E-state index in [0.717, 1.165) is 13.5 Å². The molecule has 1 atom stereocenters. The van der Waals surface area contributed by atoms with Crippen molar-refractivity contribution in [3.8, 4) is 6.07 Å². The van der Waals surface area contributed by atoms with E-state index in [1.54, 1.807) is 0 Å². The number of rotatable bonds is 3. The molecular formula is C17H18BrF3N2O. The van der Waals surface area contributed by atoms with Crippen LogP contribution in [-0.2, 0) is 4.79 Å². The van der Waals surface area contributed by atoms with E-state index in [1.165, 1.54) is 24.3 Å². The van der Waals surface area contributed by atoms with Gasteiger partial charge in [0.15, 0.2) is 6.04 Å². The first-order valence-corrected chi connectivity index (χ1v) is 8.51. The summed E-state index contributed by atoms with van der Waals surface area (Å²) < 4.78 is 41.5. The first kappa shape index (κ1) is 18.8. The predicted molar refractivity (Wildman–Crippen MR) is 86.8 cm³/mol. The number of carbonyl (C=O) groups excluding carboxylic acids is 1. The third-order valence-electron chi connectivity index (χ3n) is 4.53. The molecule has 7 heteroatoms. The molecule has 0 bridgehead atoms. The largest absolute Gasteiger partial charge is 0.413 e. The van der Waals surface area contributed by atoms with Crippen LogP contribution in [-0.4, -0.2) is 24.0 Å². The monoisotopic (exact) mass is 402 g/mol. The topological polar surface area (TPSA) is 44.1 Å². The first-order chi connectivity index (χ1) is 11.2. The van der Waals surface area contributed by atoms with E-state index in [-0.39, 0.29) is 5.56 Å². The summed E-state index contributed by atoms with van der Waals surface area (Å²) >= 11 is 3.19. The summed E-state index contributed by atoms with van der Waals surface area (Å²) in [6, 6.07) is 5.63. The van der Waals surface area contributed by atoms with Crippen molar-refractivity contribution >= 4 is 21.8 Å². The predicted octanol–water partition coefficient (Wildman–Crippen LogP) is 4.98. The van der Waals surface area contributed by atoms with Crippen LogP contribution in [0.15, 0.2) is 28.7 Å². The van der Waals surface area contributed by atoms with Crippen LogP contribution in [0.5, 0.6) is 0 Å². The Balaban J connectivity index is 2.37. The fraction of sp³-hybridized carbons (Fsp3) is 0.529. The first-order valence-electron chi connectivity index (χ1n) is 7.72. The molecule has 24 heavy (non-hydrogen) atoms. The Morgan fingerprint density at radius 3 is 2.25 bits per heavy atom. The molecule has 130 valence electrons. The SMILES string of the molecule is CN(C(=O)C1(C#N)CCCCC1)[C@@H](c1ccc(Br)cc1)C(F)(F)F. The second-order valence-corrected chi connectivity index (χ2v) is 7.08. The van der Waals surface area contributed by atoms with Gasteiger partial charge in [-0.1, -0.05) is 47.3 Å². The van der Waals surface area contributed by atoms with E-state index in [9.17, 15) is 23.2 Å². The highest BCUT2D eigenvalue weighted by Crippen LogP contribution is 2.43. The summed E-state index contributed by atoms with van der Waals surface area (Å²) in [7, 11) is 1.14. The highest BCUT2D eigenvalue weighted by Gasteiger charge is 2.50. The number of hydrogen-bond donors (Lipinski definition) is 0. The van der Waals surface area contributed by atoms with Gasteiger partial charge in [-0.05, 0) is 30.5 Å². The molecule has 3 nitrogen and oxygen atoms in total. The van der Waals surface area contributed by atoms with Crippen LogP contribution in [0.4, 0.5) is 13.2 Å². The van der Waals surface area contributed by atoms with Crippen molar-refractivity contribution < 1.29 is 18.0 Å². The molecule has 1 amide bonds. The molecule has 1 fully saturated rings. The van der Waals surface area contributed by atoms with Crippen LogP contribution in [0.3, 0.4) is 0 Å². The van der Waals surface area contributed by atoms with Crippen LogP contribution in [0, 0.1) is 16.7 Å². The van der Waals surface area contributed by atoms with Crippen LogP contribution >= 0.6 is 15.9 Å². The molecule has 1 aliphatic carbocycles. The van der Waals surface area contributed by atoms with E-state index in [2.05, 4.69) is 15.9 Å². The minimum Gasteiger partial charge on any atom is -0.329 e. The standard InChI is InChI=1S/C17H18BrF3N2O/c1-23(15(24)16(11-22)9-3-2-4-10-16)14(17(19,20)21)12-5-7-13(18)8-6-12/h5-8,14H,2-4,9-10H2,1H3/t14-/m0/s1. The van der Waals surface area contributed by atoms with Gasteiger partial charge in [-0.25, -0.2) is 0 Å². The third kappa shape index (κ3) is 3.75. The summed E-state index contributed by atoms with van der Waals surface area (Å²) in [5, 5.41) is 9.47. The fourth-order valence-corrected chi connectivity index (χ4v) is 3.53. The van der Waals surface area contributed by atoms with Crippen LogP contribution in [0.25, 0.3) is 0 Å². The van der Waals surface area contributed by atoms with Crippen LogP contribution in [0.2, 0.25) is 0 Å². The smallest absolute Gasteiger partial charge is 0.329 e. The molecule has 1 aromatic carbocycles. The Kier molecular flexibility index (Phi) is 5.59. The lowest BCUT2D eigenvalue weighted by Gasteiger charge is -2.37. The summed E-state index contributed by atoms with van der Waals surface area (Å²) in [6.45, 7) is 0. The Bertz CT molecular complexity index is 631. The lowest BCUT2D eigenvalue weighted by Crippen LogP contribution is -2.47. The van der Waals surface area contributed by atoms with Crippen LogP contribution in [0.1, 0.15) is 43.7 Å². The average molecular weight is 403 g/mol. The van der Waals surface area contributed by atoms with Gasteiger partial charge < -0.3 is 4.90 Å². The van der Waals surface area contributed by atoms with Gasteiger partial charge in [0.25, 0.3) is 0 Å². The van der Waals surface area contributed by atoms with E-state index < -0.39 is 23.5 Å². The summed E-state index contributed by atoms with van der Waals surface area (Å²) in [6.07, 6.45) is -1.72. The minimum atomic E-state index is -4.62. The summed E-state index contributed by atoms with van der Waals surface area (Å²) in [5.74, 6) is -0.741. The average Bonchev–Trinajstić information content (AvgIpc) is 2.55. The second kappa shape index (κ2) is 7.14. The number of halogens is 4. The molecular weight excluding hydrogens is 385 g/mol. The number of nitriles is 1. The fourth-order valence-electron chi connectivity index (χ4n) is 3.26. The molecule has 0 aliphatic heterocycles. The molecule has 1 aromatic rings. The summed E-state index contributed by atoms with van der Waals surface area (Å²) in [4.78, 5) is 13.5. The van der Waals surface area contributed by atoms with E-state index in [0.29, 0.717) is 35.1 Å². The zero-order valence-corrected chi connectivity index (χ0v) is 14.8. The van der Waals surface area contributed by atoms with Gasteiger partial charge in [0.2, 0.25) is 5.91 Å². The van der Waals surface area contributed by atoms with Crippen molar-refractivity contribution in [3.63, 3.8) is 0 Å². The second-order valence-electron chi connectivity index (χ2n) is 6.17. The Morgan fingerprint density at radius 2 is 1.79 bits per heavy atom. The zero-order chi connectivity index (χ0) is 18.0. The maximum atomic E-state index is 13.6. The van der Waals surface area contributed by atoms with E-state index in [4.69, 9.17) is 0 Å². The quantitative estimate of drug-likeness (QED) is 0.714. The lowest BCUT2D eigenvalue weighted by atomic mass is 9.74. The summed E-state index contributed by atoms with van der Waals surface area (Å²) in [5.41, 5.74) is -1.36. The molecule has 0 unspecified atom stereocenters. The Morgan fingerprint density at radius 1 is 1.25 bits per heavy atom. The van der Waals surface area contributed by atoms with Gasteiger partial charge in [0.1, 0.15) is 5.41 Å². The van der Waals surface area contributed by atoms with Gasteiger partial charge in [0, 0.05) is 11.5 Å². The van der Waals surface area contributed by atoms with Crippen molar-refractivity contribution in [1.29, 1.82) is 5.26 Å². The molecule has 0 heterocycles. The number of nitrogens with zero attached hydrogens (tertiary/aromatic N) is 2. The van der Waals surface area contributed by atoms with Crippen molar-refractivity contribution in [2.75, 3.05) is 7.05 Å². The van der Waals surface area contributed by atoms with Crippen molar-refractivity contribution in [2.24, 2.45) is 5.41 Å². The van der Waals surface area contributed by atoms with Gasteiger partial charge in [-0.15, -0.1) is 0 Å². The lowest BCUT2D eigenvalue weighted by molar-refractivity contribution is -0.192. The number of alkyl halides is 3. The van der Waals surface area contributed by atoms with Gasteiger partial charge >= 0.3 is 6.18 Å². The molecule has 1 saturated carbocycles.